The monoisotopic (exact) mass is 428 g/mol. The first kappa shape index (κ1) is 19.4. The number of halogens is 2. The van der Waals surface area contributed by atoms with Crippen LogP contribution in [0.2, 0.25) is 0 Å². The van der Waals surface area contributed by atoms with Gasteiger partial charge >= 0.3 is 0 Å². The second kappa shape index (κ2) is 7.97. The predicted octanol–water partition coefficient (Wildman–Crippen LogP) is 3.77. The van der Waals surface area contributed by atoms with E-state index in [1.165, 1.54) is 12.1 Å². The lowest BCUT2D eigenvalue weighted by Gasteiger charge is -2.30. The SMILES string of the molecule is CC[C@@H](C(=O)Nc1ccc(Br)cc1)N(c1ccc(F)cc1)S(C)(=O)=O. The summed E-state index contributed by atoms with van der Waals surface area (Å²) in [5.74, 6) is -0.941. The van der Waals surface area contributed by atoms with E-state index in [0.717, 1.165) is 27.2 Å². The Morgan fingerprint density at radius 2 is 1.72 bits per heavy atom. The second-order valence-electron chi connectivity index (χ2n) is 5.46. The number of hydrogen-bond donors (Lipinski definition) is 1. The number of amides is 1. The molecule has 0 aromatic heterocycles. The van der Waals surface area contributed by atoms with Gasteiger partial charge in [0.1, 0.15) is 11.9 Å². The molecule has 134 valence electrons. The zero-order valence-corrected chi connectivity index (χ0v) is 16.1. The van der Waals surface area contributed by atoms with Crippen molar-refractivity contribution < 1.29 is 17.6 Å². The van der Waals surface area contributed by atoms with Gasteiger partial charge in [-0.2, -0.15) is 0 Å². The third-order valence-electron chi connectivity index (χ3n) is 3.52. The smallest absolute Gasteiger partial charge is 0.248 e. The highest BCUT2D eigenvalue weighted by atomic mass is 79.9. The van der Waals surface area contributed by atoms with Crippen molar-refractivity contribution in [1.82, 2.24) is 0 Å². The zero-order valence-electron chi connectivity index (χ0n) is 13.7. The maximum absolute atomic E-state index is 13.2. The van der Waals surface area contributed by atoms with Crippen LogP contribution in [0.25, 0.3) is 0 Å². The topological polar surface area (TPSA) is 66.5 Å². The van der Waals surface area contributed by atoms with Crippen LogP contribution >= 0.6 is 15.9 Å². The van der Waals surface area contributed by atoms with Gasteiger partial charge in [0.15, 0.2) is 0 Å². The van der Waals surface area contributed by atoms with Crippen LogP contribution < -0.4 is 9.62 Å². The standard InChI is InChI=1S/C17H18BrFN2O3S/c1-3-16(17(22)20-14-8-4-12(18)5-9-14)21(25(2,23)24)15-10-6-13(19)7-11-15/h4-11,16H,3H2,1-2H3,(H,20,22)/t16-/m0/s1. The van der Waals surface area contributed by atoms with Gasteiger partial charge in [0, 0.05) is 10.2 Å². The third-order valence-corrected chi connectivity index (χ3v) is 5.23. The van der Waals surface area contributed by atoms with Crippen LogP contribution in [0.3, 0.4) is 0 Å². The fourth-order valence-corrected chi connectivity index (χ4v) is 3.88. The van der Waals surface area contributed by atoms with Crippen molar-refractivity contribution in [3.8, 4) is 0 Å². The van der Waals surface area contributed by atoms with E-state index in [9.17, 15) is 17.6 Å². The molecule has 0 radical (unpaired) electrons. The lowest BCUT2D eigenvalue weighted by molar-refractivity contribution is -0.117. The van der Waals surface area contributed by atoms with Crippen molar-refractivity contribution in [3.63, 3.8) is 0 Å². The van der Waals surface area contributed by atoms with Gasteiger partial charge in [-0.25, -0.2) is 12.8 Å². The van der Waals surface area contributed by atoms with E-state index in [2.05, 4.69) is 21.2 Å². The molecule has 0 spiro atoms. The molecule has 2 rings (SSSR count). The Morgan fingerprint density at radius 1 is 1.16 bits per heavy atom. The lowest BCUT2D eigenvalue weighted by Crippen LogP contribution is -2.47. The maximum Gasteiger partial charge on any atom is 0.248 e. The van der Waals surface area contributed by atoms with Gasteiger partial charge in [-0.1, -0.05) is 22.9 Å². The molecular formula is C17H18BrFN2O3S. The Bertz CT molecular complexity index is 839. The number of sulfonamides is 1. The molecule has 25 heavy (non-hydrogen) atoms. The summed E-state index contributed by atoms with van der Waals surface area (Å²) in [7, 11) is -3.74. The van der Waals surface area contributed by atoms with Crippen molar-refractivity contribution in [3.05, 3.63) is 58.8 Å². The maximum atomic E-state index is 13.2. The minimum absolute atomic E-state index is 0.238. The fourth-order valence-electron chi connectivity index (χ4n) is 2.41. The molecule has 0 saturated carbocycles. The highest BCUT2D eigenvalue weighted by molar-refractivity contribution is 9.10. The van der Waals surface area contributed by atoms with Gasteiger partial charge in [-0.3, -0.25) is 9.10 Å². The molecule has 0 aliphatic rings. The minimum Gasteiger partial charge on any atom is -0.324 e. The fraction of sp³-hybridized carbons (Fsp3) is 0.235. The van der Waals surface area contributed by atoms with Gasteiger partial charge < -0.3 is 5.32 Å². The summed E-state index contributed by atoms with van der Waals surface area (Å²) in [5.41, 5.74) is 0.793. The summed E-state index contributed by atoms with van der Waals surface area (Å²) in [6.45, 7) is 1.72. The van der Waals surface area contributed by atoms with E-state index < -0.39 is 27.8 Å². The number of hydrogen-bond acceptors (Lipinski definition) is 3. The Balaban J connectivity index is 2.34. The summed E-state index contributed by atoms with van der Waals surface area (Å²) < 4.78 is 39.6. The second-order valence-corrected chi connectivity index (χ2v) is 8.23. The van der Waals surface area contributed by atoms with E-state index in [0.29, 0.717) is 5.69 Å². The van der Waals surface area contributed by atoms with Crippen LogP contribution in [0.15, 0.2) is 53.0 Å². The Morgan fingerprint density at radius 3 is 2.20 bits per heavy atom. The molecule has 1 amide bonds. The van der Waals surface area contributed by atoms with Gasteiger partial charge in [0.25, 0.3) is 0 Å². The summed E-state index contributed by atoms with van der Waals surface area (Å²) in [6.07, 6.45) is 1.28. The molecule has 0 unspecified atom stereocenters. The van der Waals surface area contributed by atoms with Crippen LogP contribution in [-0.4, -0.2) is 26.6 Å². The quantitative estimate of drug-likeness (QED) is 0.761. The largest absolute Gasteiger partial charge is 0.324 e. The van der Waals surface area contributed by atoms with Crippen LogP contribution in [0.4, 0.5) is 15.8 Å². The van der Waals surface area contributed by atoms with Gasteiger partial charge in [0.05, 0.1) is 11.9 Å². The van der Waals surface area contributed by atoms with Crippen LogP contribution in [-0.2, 0) is 14.8 Å². The number of anilines is 2. The van der Waals surface area contributed by atoms with Crippen LogP contribution in [0.1, 0.15) is 13.3 Å². The number of nitrogens with one attached hydrogen (secondary N) is 1. The molecule has 2 aromatic carbocycles. The van der Waals surface area contributed by atoms with Gasteiger partial charge in [0.2, 0.25) is 15.9 Å². The van der Waals surface area contributed by atoms with E-state index in [-0.39, 0.29) is 12.1 Å². The minimum atomic E-state index is -3.74. The van der Waals surface area contributed by atoms with E-state index in [1.54, 1.807) is 31.2 Å². The summed E-state index contributed by atoms with van der Waals surface area (Å²) in [4.78, 5) is 12.7. The predicted molar refractivity (Wildman–Crippen MR) is 101 cm³/mol. The average molecular weight is 429 g/mol. The average Bonchev–Trinajstić information content (AvgIpc) is 2.54. The zero-order chi connectivity index (χ0) is 18.6. The number of rotatable bonds is 6. The first-order chi connectivity index (χ1) is 11.7. The molecule has 0 bridgehead atoms. The van der Waals surface area contributed by atoms with Crippen molar-refractivity contribution in [2.45, 2.75) is 19.4 Å². The third kappa shape index (κ3) is 5.02. The molecule has 0 heterocycles. The number of carbonyl (C=O) groups excluding carboxylic acids is 1. The molecule has 5 nitrogen and oxygen atoms in total. The molecule has 0 fully saturated rings. The first-order valence-corrected chi connectivity index (χ1v) is 10.2. The van der Waals surface area contributed by atoms with E-state index in [1.807, 2.05) is 0 Å². The number of carbonyl (C=O) groups is 1. The van der Waals surface area contributed by atoms with Crippen molar-refractivity contribution in [1.29, 1.82) is 0 Å². The molecule has 0 aliphatic heterocycles. The van der Waals surface area contributed by atoms with Gasteiger partial charge in [-0.05, 0) is 55.0 Å². The van der Waals surface area contributed by atoms with Crippen molar-refractivity contribution in [2.24, 2.45) is 0 Å². The van der Waals surface area contributed by atoms with E-state index in [4.69, 9.17) is 0 Å². The highest BCUT2D eigenvalue weighted by Crippen LogP contribution is 2.24. The van der Waals surface area contributed by atoms with Crippen molar-refractivity contribution in [2.75, 3.05) is 15.9 Å². The van der Waals surface area contributed by atoms with Crippen LogP contribution in [0, 0.1) is 5.82 Å². The van der Waals surface area contributed by atoms with E-state index >= 15 is 0 Å². The van der Waals surface area contributed by atoms with Crippen molar-refractivity contribution >= 4 is 43.2 Å². The Hall–Kier alpha value is -1.93. The lowest BCUT2D eigenvalue weighted by atomic mass is 10.2. The molecule has 1 atom stereocenters. The molecule has 0 aliphatic carbocycles. The first-order valence-electron chi connectivity index (χ1n) is 7.53. The molecule has 1 N–H and O–H groups in total. The molecule has 8 heteroatoms. The van der Waals surface area contributed by atoms with Crippen LogP contribution in [0.5, 0.6) is 0 Å². The summed E-state index contributed by atoms with van der Waals surface area (Å²) >= 11 is 3.31. The van der Waals surface area contributed by atoms with Gasteiger partial charge in [-0.15, -0.1) is 0 Å². The molecular weight excluding hydrogens is 411 g/mol. The number of nitrogens with zero attached hydrogens (tertiary/aromatic N) is 1. The Labute approximate surface area is 155 Å². The molecule has 0 saturated heterocycles. The number of benzene rings is 2. The highest BCUT2D eigenvalue weighted by Gasteiger charge is 2.31. The summed E-state index contributed by atoms with van der Waals surface area (Å²) in [5, 5.41) is 2.71. The molecule has 2 aromatic rings. The summed E-state index contributed by atoms with van der Waals surface area (Å²) in [6, 6.07) is 11.0. The Kier molecular flexibility index (Phi) is 6.18. The normalized spacial score (nSPS) is 12.5.